The van der Waals surface area contributed by atoms with Crippen LogP contribution in [0.25, 0.3) is 17.3 Å². The van der Waals surface area contributed by atoms with Gasteiger partial charge in [0.05, 0.1) is 24.8 Å². The lowest BCUT2D eigenvalue weighted by molar-refractivity contribution is -0.146. The van der Waals surface area contributed by atoms with Gasteiger partial charge in [0.2, 0.25) is 0 Å². The van der Waals surface area contributed by atoms with E-state index in [4.69, 9.17) is 21.7 Å². The maximum absolute atomic E-state index is 12.8. The van der Waals surface area contributed by atoms with Gasteiger partial charge in [0.1, 0.15) is 10.4 Å². The van der Waals surface area contributed by atoms with Crippen LogP contribution in [0.3, 0.4) is 0 Å². The van der Waals surface area contributed by atoms with Crippen LogP contribution in [0, 0.1) is 5.92 Å². The summed E-state index contributed by atoms with van der Waals surface area (Å²) in [6.07, 6.45) is 3.32. The average molecular weight is 459 g/mol. The molecule has 0 bridgehead atoms. The number of nitrogens with zero attached hydrogens (tertiary/aromatic N) is 2. The molecule has 1 fully saturated rings. The second-order valence-corrected chi connectivity index (χ2v) is 8.80. The first-order valence-electron chi connectivity index (χ1n) is 9.45. The Bertz CT molecular complexity index is 1050. The number of rotatable bonds is 7. The van der Waals surface area contributed by atoms with Crippen molar-refractivity contribution in [2.45, 2.75) is 19.9 Å². The quantitative estimate of drug-likeness (QED) is 0.491. The molecule has 1 aliphatic rings. The number of amides is 1. The number of hydrogen-bond acceptors (Lipinski definition) is 7. The number of aliphatic carboxylic acids is 1. The number of hydrogen-bond donors (Lipinski definition) is 1. The topological polar surface area (TPSA) is 89.0 Å². The molecule has 1 N–H and O–H groups in total. The zero-order chi connectivity index (χ0) is 22.7. The lowest BCUT2D eigenvalue weighted by Crippen LogP contribution is -2.47. The Hall–Kier alpha value is -2.91. The van der Waals surface area contributed by atoms with Crippen molar-refractivity contribution in [3.63, 3.8) is 0 Å². The van der Waals surface area contributed by atoms with Crippen LogP contribution in [0.5, 0.6) is 11.5 Å². The number of carbonyl (C=O) groups excluding carboxylic acids is 1. The van der Waals surface area contributed by atoms with Crippen LogP contribution in [-0.2, 0) is 9.59 Å². The second kappa shape index (κ2) is 9.49. The minimum absolute atomic E-state index is 0.243. The predicted octanol–water partition coefficient (Wildman–Crippen LogP) is 4.08. The highest BCUT2D eigenvalue weighted by Gasteiger charge is 2.41. The first-order valence-corrected chi connectivity index (χ1v) is 10.7. The largest absolute Gasteiger partial charge is 0.493 e. The molecule has 2 aromatic rings. The number of carboxylic acid groups (broad SMARTS) is 1. The Balaban J connectivity index is 1.85. The summed E-state index contributed by atoms with van der Waals surface area (Å²) in [5.74, 6) is -0.519. The number of carboxylic acids is 1. The molecule has 162 valence electrons. The van der Waals surface area contributed by atoms with Crippen molar-refractivity contribution in [2.75, 3.05) is 14.2 Å². The van der Waals surface area contributed by atoms with Crippen molar-refractivity contribution in [3.05, 3.63) is 47.0 Å². The summed E-state index contributed by atoms with van der Waals surface area (Å²) >= 11 is 6.38. The molecule has 31 heavy (non-hydrogen) atoms. The molecule has 1 saturated heterocycles. The third-order valence-corrected chi connectivity index (χ3v) is 6.08. The molecule has 3 rings (SSSR count). The molecule has 0 aliphatic carbocycles. The van der Waals surface area contributed by atoms with Gasteiger partial charge in [-0.1, -0.05) is 43.9 Å². The summed E-state index contributed by atoms with van der Waals surface area (Å²) in [5, 5.41) is 9.52. The highest BCUT2D eigenvalue weighted by Crippen LogP contribution is 2.36. The van der Waals surface area contributed by atoms with Gasteiger partial charge in [-0.2, -0.15) is 0 Å². The molecular formula is C22H22N2O5S2. The highest BCUT2D eigenvalue weighted by atomic mass is 32.2. The predicted molar refractivity (Wildman–Crippen MR) is 124 cm³/mol. The van der Waals surface area contributed by atoms with Crippen LogP contribution in [0.2, 0.25) is 0 Å². The van der Waals surface area contributed by atoms with Crippen LogP contribution in [0.1, 0.15) is 19.4 Å². The van der Waals surface area contributed by atoms with Crippen molar-refractivity contribution < 1.29 is 24.2 Å². The number of thiocarbonyl (C=S) groups is 1. The number of benzene rings is 1. The van der Waals surface area contributed by atoms with Gasteiger partial charge in [-0.3, -0.25) is 14.7 Å². The van der Waals surface area contributed by atoms with Crippen LogP contribution >= 0.6 is 24.0 Å². The van der Waals surface area contributed by atoms with Crippen molar-refractivity contribution in [1.82, 2.24) is 9.88 Å². The zero-order valence-corrected chi connectivity index (χ0v) is 19.1. The molecule has 0 radical (unpaired) electrons. The SMILES string of the molecule is COc1ccc(-c2ccc(/C=C3\SC(=S)N([C@H](C(=O)O)C(C)C)C3=O)cn2)cc1OC. The molecule has 1 aromatic heterocycles. The normalized spacial score (nSPS) is 16.2. The number of pyridine rings is 1. The smallest absolute Gasteiger partial charge is 0.327 e. The number of methoxy groups -OCH3 is 2. The first-order chi connectivity index (χ1) is 14.8. The Morgan fingerprint density at radius 3 is 2.45 bits per heavy atom. The van der Waals surface area contributed by atoms with Gasteiger partial charge in [-0.05, 0) is 41.8 Å². The Kier molecular flexibility index (Phi) is 6.97. The molecule has 7 nitrogen and oxygen atoms in total. The van der Waals surface area contributed by atoms with Gasteiger partial charge in [0.25, 0.3) is 5.91 Å². The highest BCUT2D eigenvalue weighted by molar-refractivity contribution is 8.26. The molecule has 9 heteroatoms. The number of carbonyl (C=O) groups is 2. The van der Waals surface area contributed by atoms with Gasteiger partial charge in [0.15, 0.2) is 11.5 Å². The minimum Gasteiger partial charge on any atom is -0.493 e. The van der Waals surface area contributed by atoms with E-state index < -0.39 is 17.9 Å². The lowest BCUT2D eigenvalue weighted by Gasteiger charge is -2.26. The fraction of sp³-hybridized carbons (Fsp3) is 0.273. The molecule has 1 aromatic carbocycles. The third-order valence-electron chi connectivity index (χ3n) is 4.75. The second-order valence-electron chi connectivity index (χ2n) is 7.13. The summed E-state index contributed by atoms with van der Waals surface area (Å²) in [5.41, 5.74) is 2.30. The molecule has 0 saturated carbocycles. The number of thioether (sulfide) groups is 1. The van der Waals surface area contributed by atoms with E-state index in [1.165, 1.54) is 4.90 Å². The molecule has 1 amide bonds. The lowest BCUT2D eigenvalue weighted by atomic mass is 10.0. The van der Waals surface area contributed by atoms with Crippen molar-refractivity contribution in [3.8, 4) is 22.8 Å². The van der Waals surface area contributed by atoms with E-state index in [0.29, 0.717) is 22.0 Å². The monoisotopic (exact) mass is 458 g/mol. The van der Waals surface area contributed by atoms with Gasteiger partial charge in [-0.25, -0.2) is 4.79 Å². The molecule has 0 spiro atoms. The van der Waals surface area contributed by atoms with E-state index in [-0.39, 0.29) is 10.2 Å². The Morgan fingerprint density at radius 2 is 1.90 bits per heavy atom. The Labute approximate surface area is 190 Å². The van der Waals surface area contributed by atoms with Crippen LogP contribution in [0.4, 0.5) is 0 Å². The summed E-state index contributed by atoms with van der Waals surface area (Å²) in [4.78, 5) is 30.5. The summed E-state index contributed by atoms with van der Waals surface area (Å²) in [6.45, 7) is 3.50. The summed E-state index contributed by atoms with van der Waals surface area (Å²) in [7, 11) is 3.15. The van der Waals surface area contributed by atoms with Gasteiger partial charge >= 0.3 is 5.97 Å². The summed E-state index contributed by atoms with van der Waals surface area (Å²) in [6, 6.07) is 8.20. The van der Waals surface area contributed by atoms with E-state index >= 15 is 0 Å². The molecule has 1 aliphatic heterocycles. The third kappa shape index (κ3) is 4.72. The summed E-state index contributed by atoms with van der Waals surface area (Å²) < 4.78 is 10.8. The maximum Gasteiger partial charge on any atom is 0.327 e. The van der Waals surface area contributed by atoms with E-state index in [1.807, 2.05) is 30.3 Å². The standard InChI is InChI=1S/C22H22N2O5S2/c1-12(2)19(21(26)27)24-20(25)18(31-22(24)30)9-13-5-7-15(23-11-13)14-6-8-16(28-3)17(10-14)29-4/h5-12,19H,1-4H3,(H,26,27)/b18-9-/t19-/m0/s1. The zero-order valence-electron chi connectivity index (χ0n) is 17.5. The molecule has 1 atom stereocenters. The van der Waals surface area contributed by atoms with Crippen LogP contribution < -0.4 is 9.47 Å². The number of ether oxygens (including phenoxy) is 2. The Morgan fingerprint density at radius 1 is 1.19 bits per heavy atom. The minimum atomic E-state index is -1.08. The first kappa shape index (κ1) is 22.8. The maximum atomic E-state index is 12.8. The molecular weight excluding hydrogens is 436 g/mol. The van der Waals surface area contributed by atoms with Crippen LogP contribution in [-0.4, -0.2) is 51.4 Å². The van der Waals surface area contributed by atoms with E-state index in [9.17, 15) is 14.7 Å². The van der Waals surface area contributed by atoms with Crippen molar-refractivity contribution >= 4 is 46.3 Å². The van der Waals surface area contributed by atoms with Gasteiger partial charge in [-0.15, -0.1) is 0 Å². The van der Waals surface area contributed by atoms with Crippen molar-refractivity contribution in [1.29, 1.82) is 0 Å². The van der Waals surface area contributed by atoms with Gasteiger partial charge < -0.3 is 14.6 Å². The fourth-order valence-corrected chi connectivity index (χ4v) is 4.55. The molecule has 0 unspecified atom stereocenters. The van der Waals surface area contributed by atoms with Crippen molar-refractivity contribution in [2.24, 2.45) is 5.92 Å². The van der Waals surface area contributed by atoms with E-state index in [1.54, 1.807) is 40.3 Å². The van der Waals surface area contributed by atoms with Gasteiger partial charge in [0, 0.05) is 11.8 Å². The average Bonchev–Trinajstić information content (AvgIpc) is 3.01. The molecule has 2 heterocycles. The number of aromatic nitrogens is 1. The fourth-order valence-electron chi connectivity index (χ4n) is 3.22. The van der Waals surface area contributed by atoms with E-state index in [2.05, 4.69) is 4.98 Å². The van der Waals surface area contributed by atoms with Crippen LogP contribution in [0.15, 0.2) is 41.4 Å². The van der Waals surface area contributed by atoms with E-state index in [0.717, 1.165) is 23.0 Å².